The van der Waals surface area contributed by atoms with Crippen molar-refractivity contribution >= 4 is 28.7 Å². The third-order valence-electron chi connectivity index (χ3n) is 6.44. The zero-order chi connectivity index (χ0) is 36.4. The monoisotopic (exact) mass is 754 g/mol. The van der Waals surface area contributed by atoms with Crippen molar-refractivity contribution in [2.24, 2.45) is 0 Å². The lowest BCUT2D eigenvalue weighted by Gasteiger charge is -2.34. The Balaban J connectivity index is 5.74. The van der Waals surface area contributed by atoms with Gasteiger partial charge in [0.25, 0.3) is 0 Å². The molecule has 0 spiro atoms. The summed E-state index contributed by atoms with van der Waals surface area (Å²) in [5.74, 6) is -0.217. The summed E-state index contributed by atoms with van der Waals surface area (Å²) in [5.41, 5.74) is -1.10. The molecule has 0 radical (unpaired) electrons. The standard InChI is InChI=1S/C30H65N2O13P3/c1-9-40-46(34,41-10-2)23-15-20-37-26-30(31-29(33)18-19-32(7)8,27-38-21-16-24-47(35,42-11-3)43-12-4)28-39-22-17-25-48(36,44-13-5)45-14-6/h9-28H2,1-8H3,(H,31,33). The van der Waals surface area contributed by atoms with Crippen molar-refractivity contribution in [2.75, 3.05) is 118 Å². The molecular formula is C30H65N2O13P3. The highest BCUT2D eigenvalue weighted by Crippen LogP contribution is 2.49. The smallest absolute Gasteiger partial charge is 0.330 e. The van der Waals surface area contributed by atoms with Crippen molar-refractivity contribution in [3.8, 4) is 0 Å². The Kier molecular flexibility index (Phi) is 27.3. The van der Waals surface area contributed by atoms with Crippen LogP contribution in [0.15, 0.2) is 0 Å². The summed E-state index contributed by atoms with van der Waals surface area (Å²) >= 11 is 0. The Hall–Kier alpha value is -0.240. The van der Waals surface area contributed by atoms with E-state index in [0.717, 1.165) is 0 Å². The minimum absolute atomic E-state index is 0.0288. The van der Waals surface area contributed by atoms with Crippen LogP contribution in [-0.4, -0.2) is 135 Å². The predicted molar refractivity (Wildman–Crippen MR) is 188 cm³/mol. The van der Waals surface area contributed by atoms with Crippen molar-refractivity contribution in [1.29, 1.82) is 0 Å². The van der Waals surface area contributed by atoms with Gasteiger partial charge in [-0.15, -0.1) is 0 Å². The van der Waals surface area contributed by atoms with Gasteiger partial charge in [0, 0.05) is 32.8 Å². The van der Waals surface area contributed by atoms with E-state index in [1.54, 1.807) is 41.5 Å². The summed E-state index contributed by atoms with van der Waals surface area (Å²) < 4.78 is 89.0. The lowest BCUT2D eigenvalue weighted by molar-refractivity contribution is -0.127. The summed E-state index contributed by atoms with van der Waals surface area (Å²) in [6.45, 7) is 13.4. The van der Waals surface area contributed by atoms with Gasteiger partial charge in [-0.05, 0) is 74.9 Å². The van der Waals surface area contributed by atoms with Crippen LogP contribution in [0.1, 0.15) is 67.2 Å². The molecule has 0 unspecified atom stereocenters. The fourth-order valence-corrected chi connectivity index (χ4v) is 9.39. The minimum atomic E-state index is -3.23. The molecule has 0 atom stereocenters. The number of amides is 1. The molecule has 0 bridgehead atoms. The number of carbonyl (C=O) groups excluding carboxylic acids is 1. The maximum Gasteiger partial charge on any atom is 0.330 e. The molecule has 0 saturated heterocycles. The quantitative estimate of drug-likeness (QED) is 0.0618. The summed E-state index contributed by atoms with van der Waals surface area (Å²) in [7, 11) is -5.93. The normalized spacial score (nSPS) is 13.0. The van der Waals surface area contributed by atoms with Crippen LogP contribution in [0.3, 0.4) is 0 Å². The van der Waals surface area contributed by atoms with Crippen molar-refractivity contribution in [2.45, 2.75) is 72.8 Å². The maximum absolute atomic E-state index is 13.1. The number of nitrogens with zero attached hydrogens (tertiary/aromatic N) is 1. The molecule has 0 aliphatic carbocycles. The lowest BCUT2D eigenvalue weighted by atomic mass is 10.0. The van der Waals surface area contributed by atoms with Gasteiger partial charge in [0.05, 0.1) is 77.9 Å². The molecule has 0 saturated carbocycles. The predicted octanol–water partition coefficient (Wildman–Crippen LogP) is 5.81. The second-order valence-corrected chi connectivity index (χ2v) is 17.7. The summed E-state index contributed by atoms with van der Waals surface area (Å²) in [6.07, 6.45) is 1.99. The van der Waals surface area contributed by atoms with Gasteiger partial charge in [-0.1, -0.05) is 0 Å². The summed E-state index contributed by atoms with van der Waals surface area (Å²) in [6, 6.07) is 0. The van der Waals surface area contributed by atoms with Gasteiger partial charge in [0.2, 0.25) is 5.91 Å². The van der Waals surface area contributed by atoms with E-state index in [1.165, 1.54) is 0 Å². The molecule has 15 nitrogen and oxygen atoms in total. The Morgan fingerprint density at radius 2 is 0.854 bits per heavy atom. The van der Waals surface area contributed by atoms with Gasteiger partial charge in [0.15, 0.2) is 0 Å². The second kappa shape index (κ2) is 27.4. The van der Waals surface area contributed by atoms with Gasteiger partial charge in [-0.3, -0.25) is 18.5 Å². The molecule has 1 amide bonds. The lowest BCUT2D eigenvalue weighted by Crippen LogP contribution is -2.59. The molecule has 0 aromatic carbocycles. The van der Waals surface area contributed by atoms with Crippen LogP contribution in [0.2, 0.25) is 0 Å². The van der Waals surface area contributed by atoms with E-state index >= 15 is 0 Å². The van der Waals surface area contributed by atoms with Crippen molar-refractivity contribution in [3.05, 3.63) is 0 Å². The third-order valence-corrected chi connectivity index (χ3v) is 12.9. The number of nitrogens with one attached hydrogen (secondary N) is 1. The van der Waals surface area contributed by atoms with E-state index in [9.17, 15) is 18.5 Å². The Morgan fingerprint density at radius 1 is 0.562 bits per heavy atom. The first-order valence-electron chi connectivity index (χ1n) is 17.1. The minimum Gasteiger partial charge on any atom is -0.379 e. The number of carbonyl (C=O) groups is 1. The molecule has 0 rings (SSSR count). The molecule has 48 heavy (non-hydrogen) atoms. The second-order valence-electron chi connectivity index (χ2n) is 11.1. The molecular weight excluding hydrogens is 689 g/mol. The van der Waals surface area contributed by atoms with Gasteiger partial charge in [-0.2, -0.15) is 0 Å². The molecule has 0 aromatic heterocycles. The number of ether oxygens (including phenoxy) is 3. The largest absolute Gasteiger partial charge is 0.379 e. The van der Waals surface area contributed by atoms with Gasteiger partial charge in [0.1, 0.15) is 5.54 Å². The highest BCUT2D eigenvalue weighted by Gasteiger charge is 2.34. The molecule has 1 N–H and O–H groups in total. The molecule has 0 fully saturated rings. The fraction of sp³-hybridized carbons (Fsp3) is 0.967. The molecule has 18 heteroatoms. The van der Waals surface area contributed by atoms with Crippen LogP contribution in [0.5, 0.6) is 0 Å². The first kappa shape index (κ1) is 47.8. The highest BCUT2D eigenvalue weighted by molar-refractivity contribution is 7.54. The summed E-state index contributed by atoms with van der Waals surface area (Å²) in [5, 5.41) is 3.08. The molecule has 0 aliphatic heterocycles. The van der Waals surface area contributed by atoms with E-state index in [1.807, 2.05) is 19.0 Å². The number of rotatable bonds is 34. The van der Waals surface area contributed by atoms with Crippen LogP contribution >= 0.6 is 22.8 Å². The van der Waals surface area contributed by atoms with Crippen LogP contribution in [0.4, 0.5) is 0 Å². The van der Waals surface area contributed by atoms with Crippen LogP contribution in [0.25, 0.3) is 0 Å². The van der Waals surface area contributed by atoms with Crippen molar-refractivity contribution in [3.63, 3.8) is 0 Å². The van der Waals surface area contributed by atoms with Crippen LogP contribution in [-0.2, 0) is 59.8 Å². The molecule has 288 valence electrons. The first-order chi connectivity index (χ1) is 22.8. The Labute approximate surface area is 289 Å². The zero-order valence-electron chi connectivity index (χ0n) is 30.7. The average molecular weight is 755 g/mol. The van der Waals surface area contributed by atoms with Gasteiger partial charge < -0.3 is 51.6 Å². The zero-order valence-corrected chi connectivity index (χ0v) is 33.4. The fourth-order valence-electron chi connectivity index (χ4n) is 4.48. The van der Waals surface area contributed by atoms with E-state index in [4.69, 9.17) is 41.4 Å². The van der Waals surface area contributed by atoms with Gasteiger partial charge >= 0.3 is 22.8 Å². The molecule has 0 aliphatic rings. The number of hydrogen-bond donors (Lipinski definition) is 1. The average Bonchev–Trinajstić information content (AvgIpc) is 3.00. The van der Waals surface area contributed by atoms with Crippen LogP contribution < -0.4 is 5.32 Å². The van der Waals surface area contributed by atoms with E-state index in [0.29, 0.717) is 25.8 Å². The highest BCUT2D eigenvalue weighted by atomic mass is 31.2. The van der Waals surface area contributed by atoms with E-state index < -0.39 is 28.3 Å². The molecule has 0 aromatic rings. The van der Waals surface area contributed by atoms with Crippen molar-refractivity contribution < 1.29 is 59.8 Å². The Bertz CT molecular complexity index is 846. The SMILES string of the molecule is CCOP(=O)(CCCOCC(COCCCP(=O)(OCC)OCC)(COCCCP(=O)(OCC)OCC)NC(=O)CCN(C)C)OCC. The summed E-state index contributed by atoms with van der Waals surface area (Å²) in [4.78, 5) is 15.0. The maximum atomic E-state index is 13.1. The van der Waals surface area contributed by atoms with E-state index in [-0.39, 0.29) is 110 Å². The van der Waals surface area contributed by atoms with Crippen LogP contribution in [0, 0.1) is 0 Å². The van der Waals surface area contributed by atoms with Crippen molar-refractivity contribution in [1.82, 2.24) is 10.2 Å². The van der Waals surface area contributed by atoms with E-state index in [2.05, 4.69) is 5.32 Å². The third kappa shape index (κ3) is 22.6. The first-order valence-corrected chi connectivity index (χ1v) is 22.3. The Morgan fingerprint density at radius 3 is 1.10 bits per heavy atom. The van der Waals surface area contributed by atoms with Gasteiger partial charge in [-0.25, -0.2) is 0 Å². The topological polar surface area (TPSA) is 167 Å². The molecule has 0 heterocycles. The number of hydrogen-bond acceptors (Lipinski definition) is 14.